The van der Waals surface area contributed by atoms with Gasteiger partial charge in [0.05, 0.1) is 16.1 Å². The standard InChI is InChI=1S/C13H20N2O2S/c1-8-15-10(7-18-8)6-14-11(9-4-5-9)13(2,3)12(16)17/h7,9,11,14H,4-6H2,1-3H3,(H,16,17). The second-order valence-electron chi connectivity index (χ2n) is 5.58. The van der Waals surface area contributed by atoms with Gasteiger partial charge in [-0.1, -0.05) is 0 Å². The molecule has 0 radical (unpaired) electrons. The Bertz CT molecular complexity index is 438. The van der Waals surface area contributed by atoms with E-state index in [1.54, 1.807) is 25.2 Å². The summed E-state index contributed by atoms with van der Waals surface area (Å²) in [5, 5.41) is 15.8. The van der Waals surface area contributed by atoms with Crippen molar-refractivity contribution in [3.05, 3.63) is 16.1 Å². The van der Waals surface area contributed by atoms with E-state index < -0.39 is 11.4 Å². The Hall–Kier alpha value is -0.940. The van der Waals surface area contributed by atoms with Crippen LogP contribution in [0.4, 0.5) is 0 Å². The number of carbonyl (C=O) groups is 1. The van der Waals surface area contributed by atoms with Crippen molar-refractivity contribution < 1.29 is 9.90 Å². The van der Waals surface area contributed by atoms with E-state index in [1.165, 1.54) is 0 Å². The van der Waals surface area contributed by atoms with E-state index in [9.17, 15) is 9.90 Å². The Kier molecular flexibility index (Phi) is 3.73. The SMILES string of the molecule is Cc1nc(CNC(C2CC2)C(C)(C)C(=O)O)cs1. The van der Waals surface area contributed by atoms with Crippen molar-refractivity contribution in [1.29, 1.82) is 0 Å². The van der Waals surface area contributed by atoms with Crippen LogP contribution in [0.3, 0.4) is 0 Å². The Morgan fingerprint density at radius 1 is 1.67 bits per heavy atom. The van der Waals surface area contributed by atoms with Crippen molar-refractivity contribution in [2.75, 3.05) is 0 Å². The van der Waals surface area contributed by atoms with Crippen LogP contribution in [0, 0.1) is 18.3 Å². The molecule has 1 unspecified atom stereocenters. The van der Waals surface area contributed by atoms with Crippen molar-refractivity contribution in [1.82, 2.24) is 10.3 Å². The van der Waals surface area contributed by atoms with Crippen LogP contribution in [0.2, 0.25) is 0 Å². The summed E-state index contributed by atoms with van der Waals surface area (Å²) in [6, 6.07) is 0.0250. The molecule has 0 bridgehead atoms. The maximum Gasteiger partial charge on any atom is 0.310 e. The topological polar surface area (TPSA) is 62.2 Å². The summed E-state index contributed by atoms with van der Waals surface area (Å²) in [5.41, 5.74) is 0.274. The maximum atomic E-state index is 11.4. The summed E-state index contributed by atoms with van der Waals surface area (Å²) in [6.07, 6.45) is 2.26. The Labute approximate surface area is 111 Å². The largest absolute Gasteiger partial charge is 0.481 e. The van der Waals surface area contributed by atoms with Crippen LogP contribution < -0.4 is 5.32 Å². The second kappa shape index (κ2) is 4.97. The normalized spacial score (nSPS) is 17.7. The number of aliphatic carboxylic acids is 1. The van der Waals surface area contributed by atoms with Crippen LogP contribution in [0.1, 0.15) is 37.4 Å². The zero-order chi connectivity index (χ0) is 13.3. The molecule has 100 valence electrons. The van der Waals surface area contributed by atoms with Gasteiger partial charge in [0, 0.05) is 18.0 Å². The molecular formula is C13H20N2O2S. The van der Waals surface area contributed by atoms with Crippen molar-refractivity contribution in [2.24, 2.45) is 11.3 Å². The van der Waals surface area contributed by atoms with Gasteiger partial charge in [-0.05, 0) is 39.5 Å². The van der Waals surface area contributed by atoms with Gasteiger partial charge in [0.25, 0.3) is 0 Å². The molecule has 5 heteroatoms. The average molecular weight is 268 g/mol. The monoisotopic (exact) mass is 268 g/mol. The van der Waals surface area contributed by atoms with Crippen molar-refractivity contribution >= 4 is 17.3 Å². The highest BCUT2D eigenvalue weighted by Crippen LogP contribution is 2.40. The molecule has 1 aliphatic carbocycles. The molecule has 0 spiro atoms. The molecular weight excluding hydrogens is 248 g/mol. The van der Waals surface area contributed by atoms with E-state index in [-0.39, 0.29) is 6.04 Å². The molecule has 0 amide bonds. The number of rotatable bonds is 6. The summed E-state index contributed by atoms with van der Waals surface area (Å²) in [5.74, 6) is -0.239. The quantitative estimate of drug-likeness (QED) is 0.832. The minimum Gasteiger partial charge on any atom is -0.481 e. The first kappa shape index (κ1) is 13.5. The molecule has 0 aliphatic heterocycles. The van der Waals surface area contributed by atoms with Gasteiger partial charge in [0.15, 0.2) is 0 Å². The highest BCUT2D eigenvalue weighted by Gasteiger charge is 2.45. The predicted octanol–water partition coefficient (Wildman–Crippen LogP) is 2.43. The first-order valence-corrected chi connectivity index (χ1v) is 7.17. The lowest BCUT2D eigenvalue weighted by Crippen LogP contribution is -2.47. The number of aromatic nitrogens is 1. The first-order valence-electron chi connectivity index (χ1n) is 6.29. The van der Waals surface area contributed by atoms with Crippen LogP contribution in [-0.4, -0.2) is 22.1 Å². The molecule has 1 aromatic rings. The van der Waals surface area contributed by atoms with Gasteiger partial charge in [0.2, 0.25) is 0 Å². The average Bonchev–Trinajstić information content (AvgIpc) is 3.02. The van der Waals surface area contributed by atoms with E-state index in [2.05, 4.69) is 10.3 Å². The van der Waals surface area contributed by atoms with Gasteiger partial charge in [-0.2, -0.15) is 0 Å². The lowest BCUT2D eigenvalue weighted by molar-refractivity contribution is -0.149. The zero-order valence-corrected chi connectivity index (χ0v) is 11.9. The Morgan fingerprint density at radius 3 is 2.78 bits per heavy atom. The molecule has 2 rings (SSSR count). The van der Waals surface area contributed by atoms with Crippen molar-refractivity contribution in [3.63, 3.8) is 0 Å². The van der Waals surface area contributed by atoms with E-state index in [4.69, 9.17) is 0 Å². The Morgan fingerprint density at radius 2 is 2.33 bits per heavy atom. The van der Waals surface area contributed by atoms with Crippen LogP contribution in [0.15, 0.2) is 5.38 Å². The van der Waals surface area contributed by atoms with Gasteiger partial charge in [0.1, 0.15) is 0 Å². The molecule has 4 nitrogen and oxygen atoms in total. The van der Waals surface area contributed by atoms with Crippen LogP contribution >= 0.6 is 11.3 Å². The molecule has 1 atom stereocenters. The summed E-state index contributed by atoms with van der Waals surface area (Å²) >= 11 is 1.63. The number of nitrogens with one attached hydrogen (secondary N) is 1. The van der Waals surface area contributed by atoms with Gasteiger partial charge >= 0.3 is 5.97 Å². The highest BCUT2D eigenvalue weighted by atomic mass is 32.1. The van der Waals surface area contributed by atoms with Gasteiger partial charge in [-0.15, -0.1) is 11.3 Å². The summed E-state index contributed by atoms with van der Waals surface area (Å²) in [4.78, 5) is 15.8. The lowest BCUT2D eigenvalue weighted by atomic mass is 9.81. The van der Waals surface area contributed by atoms with Gasteiger partial charge in [-0.3, -0.25) is 4.79 Å². The highest BCUT2D eigenvalue weighted by molar-refractivity contribution is 7.09. The molecule has 0 saturated heterocycles. The number of aryl methyl sites for hydroxylation is 1. The fourth-order valence-corrected chi connectivity index (χ4v) is 2.89. The maximum absolute atomic E-state index is 11.4. The number of thiazole rings is 1. The molecule has 1 aromatic heterocycles. The third-order valence-electron chi connectivity index (χ3n) is 3.59. The summed E-state index contributed by atoms with van der Waals surface area (Å²) < 4.78 is 0. The number of hydrogen-bond acceptors (Lipinski definition) is 4. The van der Waals surface area contributed by atoms with Crippen LogP contribution in [-0.2, 0) is 11.3 Å². The lowest BCUT2D eigenvalue weighted by Gasteiger charge is -2.31. The molecule has 1 fully saturated rings. The second-order valence-corrected chi connectivity index (χ2v) is 6.64. The number of hydrogen-bond donors (Lipinski definition) is 2. The van der Waals surface area contributed by atoms with E-state index >= 15 is 0 Å². The molecule has 18 heavy (non-hydrogen) atoms. The summed E-state index contributed by atoms with van der Waals surface area (Å²) in [7, 11) is 0. The van der Waals surface area contributed by atoms with Gasteiger partial charge < -0.3 is 10.4 Å². The van der Waals surface area contributed by atoms with Crippen molar-refractivity contribution in [3.8, 4) is 0 Å². The molecule has 1 aliphatic rings. The third-order valence-corrected chi connectivity index (χ3v) is 4.41. The van der Waals surface area contributed by atoms with E-state index in [1.807, 2.05) is 12.3 Å². The molecule has 0 aromatic carbocycles. The molecule has 2 N–H and O–H groups in total. The van der Waals surface area contributed by atoms with E-state index in [0.29, 0.717) is 12.5 Å². The minimum absolute atomic E-state index is 0.0250. The fourth-order valence-electron chi connectivity index (χ4n) is 2.28. The smallest absolute Gasteiger partial charge is 0.310 e. The number of nitrogens with zero attached hydrogens (tertiary/aromatic N) is 1. The Balaban J connectivity index is 2.01. The first-order chi connectivity index (χ1) is 8.41. The predicted molar refractivity (Wildman–Crippen MR) is 71.6 cm³/mol. The zero-order valence-electron chi connectivity index (χ0n) is 11.1. The minimum atomic E-state index is -0.735. The van der Waals surface area contributed by atoms with Crippen molar-refractivity contribution in [2.45, 2.75) is 46.2 Å². The van der Waals surface area contributed by atoms with Crippen LogP contribution in [0.5, 0.6) is 0 Å². The summed E-state index contributed by atoms with van der Waals surface area (Å²) in [6.45, 7) is 6.24. The van der Waals surface area contributed by atoms with Crippen LogP contribution in [0.25, 0.3) is 0 Å². The third kappa shape index (κ3) is 2.90. The number of carboxylic acids is 1. The molecule has 1 heterocycles. The number of carboxylic acid groups (broad SMARTS) is 1. The fraction of sp³-hybridized carbons (Fsp3) is 0.692. The van der Waals surface area contributed by atoms with Gasteiger partial charge in [-0.25, -0.2) is 4.98 Å². The molecule has 1 saturated carbocycles. The van der Waals surface area contributed by atoms with E-state index in [0.717, 1.165) is 23.5 Å².